The number of halogens is 2. The molecule has 166 valence electrons. The Labute approximate surface area is 193 Å². The minimum Gasteiger partial charge on any atom is -0.325 e. The molecule has 1 aliphatic rings. The summed E-state index contributed by atoms with van der Waals surface area (Å²) >= 11 is 12.3. The average Bonchev–Trinajstić information content (AvgIpc) is 2.94. The van der Waals surface area contributed by atoms with Crippen molar-refractivity contribution in [3.05, 3.63) is 57.6 Å². The molecule has 1 saturated heterocycles. The molecule has 2 aromatic rings. The molecule has 0 bridgehead atoms. The Kier molecular flexibility index (Phi) is 8.32. The zero-order valence-electron chi connectivity index (χ0n) is 17.9. The number of amides is 2. The number of anilines is 2. The summed E-state index contributed by atoms with van der Waals surface area (Å²) in [6.07, 6.45) is 0.896. The molecule has 1 heterocycles. The molecule has 2 amide bonds. The standard InChI is InChI=1S/C23H28Cl2N4O2/c1-16-18(24)6-3-8-20(16)26-22(30)14-28-10-5-11-29(13-12-28)15-23(31)27-21-9-4-7-19(25)17(21)2/h3-4,6-9H,5,10-15H2,1-2H3,(H,26,30)(H,27,31). The first-order valence-corrected chi connectivity index (χ1v) is 11.1. The molecule has 8 heteroatoms. The highest BCUT2D eigenvalue weighted by Crippen LogP contribution is 2.24. The molecule has 0 unspecified atom stereocenters. The Morgan fingerprint density at radius 1 is 0.774 bits per heavy atom. The molecule has 6 nitrogen and oxygen atoms in total. The van der Waals surface area contributed by atoms with Gasteiger partial charge in [-0.3, -0.25) is 19.4 Å². The van der Waals surface area contributed by atoms with Crippen molar-refractivity contribution in [1.29, 1.82) is 0 Å². The summed E-state index contributed by atoms with van der Waals surface area (Å²) in [7, 11) is 0. The van der Waals surface area contributed by atoms with Crippen LogP contribution < -0.4 is 10.6 Å². The third kappa shape index (κ3) is 6.68. The van der Waals surface area contributed by atoms with Crippen LogP contribution in [-0.4, -0.2) is 60.9 Å². The van der Waals surface area contributed by atoms with Crippen LogP contribution in [0.25, 0.3) is 0 Å². The number of carbonyl (C=O) groups is 2. The van der Waals surface area contributed by atoms with Crippen LogP contribution in [0, 0.1) is 13.8 Å². The summed E-state index contributed by atoms with van der Waals surface area (Å²) < 4.78 is 0. The predicted molar refractivity (Wildman–Crippen MR) is 127 cm³/mol. The lowest BCUT2D eigenvalue weighted by Gasteiger charge is -2.21. The molecule has 0 radical (unpaired) electrons. The van der Waals surface area contributed by atoms with Gasteiger partial charge in [-0.05, 0) is 68.8 Å². The van der Waals surface area contributed by atoms with Gasteiger partial charge in [-0.1, -0.05) is 35.3 Å². The molecular formula is C23H28Cl2N4O2. The van der Waals surface area contributed by atoms with Gasteiger partial charge in [0, 0.05) is 34.5 Å². The number of hydrogen-bond acceptors (Lipinski definition) is 4. The van der Waals surface area contributed by atoms with Crippen LogP contribution >= 0.6 is 23.2 Å². The average molecular weight is 463 g/mol. The lowest BCUT2D eigenvalue weighted by molar-refractivity contribution is -0.118. The molecule has 31 heavy (non-hydrogen) atoms. The van der Waals surface area contributed by atoms with Gasteiger partial charge < -0.3 is 10.6 Å². The fourth-order valence-corrected chi connectivity index (χ4v) is 3.96. The van der Waals surface area contributed by atoms with Crippen LogP contribution in [0.3, 0.4) is 0 Å². The Hall–Kier alpha value is -2.12. The van der Waals surface area contributed by atoms with Crippen molar-refractivity contribution in [1.82, 2.24) is 9.80 Å². The van der Waals surface area contributed by atoms with E-state index in [4.69, 9.17) is 23.2 Å². The monoisotopic (exact) mass is 462 g/mol. The van der Waals surface area contributed by atoms with Crippen molar-refractivity contribution >= 4 is 46.4 Å². The number of nitrogens with one attached hydrogen (secondary N) is 2. The molecule has 3 rings (SSSR count). The molecule has 1 fully saturated rings. The maximum Gasteiger partial charge on any atom is 0.238 e. The van der Waals surface area contributed by atoms with E-state index in [0.717, 1.165) is 55.1 Å². The SMILES string of the molecule is Cc1c(Cl)cccc1NC(=O)CN1CCCN(CC(=O)Nc2cccc(Cl)c2C)CC1. The summed E-state index contributed by atoms with van der Waals surface area (Å²) in [5.41, 5.74) is 3.20. The summed E-state index contributed by atoms with van der Waals surface area (Å²) in [5.74, 6) is -0.124. The Morgan fingerprint density at radius 2 is 1.19 bits per heavy atom. The van der Waals surface area contributed by atoms with Crippen LogP contribution in [0.1, 0.15) is 17.5 Å². The number of benzene rings is 2. The summed E-state index contributed by atoms with van der Waals surface area (Å²) in [6.45, 7) is 7.48. The molecule has 2 N–H and O–H groups in total. The van der Waals surface area contributed by atoms with Gasteiger partial charge in [0.1, 0.15) is 0 Å². The quantitative estimate of drug-likeness (QED) is 0.674. The highest BCUT2D eigenvalue weighted by Gasteiger charge is 2.19. The van der Waals surface area contributed by atoms with Gasteiger partial charge in [-0.2, -0.15) is 0 Å². The number of nitrogens with zero attached hydrogens (tertiary/aromatic N) is 2. The Morgan fingerprint density at radius 3 is 1.61 bits per heavy atom. The molecular weight excluding hydrogens is 435 g/mol. The van der Waals surface area contributed by atoms with Gasteiger partial charge in [-0.25, -0.2) is 0 Å². The van der Waals surface area contributed by atoms with E-state index in [1.54, 1.807) is 12.1 Å². The van der Waals surface area contributed by atoms with Crippen molar-refractivity contribution < 1.29 is 9.59 Å². The van der Waals surface area contributed by atoms with E-state index in [0.29, 0.717) is 23.1 Å². The molecule has 2 aromatic carbocycles. The smallest absolute Gasteiger partial charge is 0.238 e. The maximum atomic E-state index is 12.5. The van der Waals surface area contributed by atoms with Crippen molar-refractivity contribution in [2.75, 3.05) is 49.9 Å². The van der Waals surface area contributed by atoms with Crippen molar-refractivity contribution in [3.63, 3.8) is 0 Å². The van der Waals surface area contributed by atoms with E-state index in [9.17, 15) is 9.59 Å². The van der Waals surface area contributed by atoms with Crippen molar-refractivity contribution in [3.8, 4) is 0 Å². The van der Waals surface area contributed by atoms with Crippen LogP contribution in [0.5, 0.6) is 0 Å². The lowest BCUT2D eigenvalue weighted by atomic mass is 10.2. The van der Waals surface area contributed by atoms with E-state index in [2.05, 4.69) is 20.4 Å². The van der Waals surface area contributed by atoms with Crippen molar-refractivity contribution in [2.24, 2.45) is 0 Å². The third-order valence-electron chi connectivity index (χ3n) is 5.50. The Balaban J connectivity index is 1.47. The second kappa shape index (κ2) is 11.0. The zero-order chi connectivity index (χ0) is 22.4. The molecule has 0 aromatic heterocycles. The maximum absolute atomic E-state index is 12.5. The first kappa shape index (κ1) is 23.5. The predicted octanol–water partition coefficient (Wildman–Crippen LogP) is 4.20. The highest BCUT2D eigenvalue weighted by molar-refractivity contribution is 6.32. The van der Waals surface area contributed by atoms with Gasteiger partial charge in [0.05, 0.1) is 13.1 Å². The summed E-state index contributed by atoms with van der Waals surface area (Å²) in [4.78, 5) is 29.2. The van der Waals surface area contributed by atoms with Gasteiger partial charge in [0.25, 0.3) is 0 Å². The fraction of sp³-hybridized carbons (Fsp3) is 0.391. The van der Waals surface area contributed by atoms with Gasteiger partial charge in [0.15, 0.2) is 0 Å². The highest BCUT2D eigenvalue weighted by atomic mass is 35.5. The van der Waals surface area contributed by atoms with E-state index < -0.39 is 0 Å². The fourth-order valence-electron chi connectivity index (χ4n) is 3.61. The van der Waals surface area contributed by atoms with E-state index in [-0.39, 0.29) is 11.8 Å². The topological polar surface area (TPSA) is 64.7 Å². The first-order chi connectivity index (χ1) is 14.8. The Bertz CT molecular complexity index is 876. The molecule has 0 spiro atoms. The first-order valence-electron chi connectivity index (χ1n) is 10.4. The molecule has 0 saturated carbocycles. The second-order valence-corrected chi connectivity index (χ2v) is 8.64. The molecule has 0 aliphatic carbocycles. The van der Waals surface area contributed by atoms with Crippen LogP contribution in [0.15, 0.2) is 36.4 Å². The number of rotatable bonds is 6. The van der Waals surface area contributed by atoms with Gasteiger partial charge >= 0.3 is 0 Å². The van der Waals surface area contributed by atoms with Crippen LogP contribution in [0.4, 0.5) is 11.4 Å². The molecule has 0 atom stereocenters. The summed E-state index contributed by atoms with van der Waals surface area (Å²) in [5, 5.41) is 7.16. The third-order valence-corrected chi connectivity index (χ3v) is 6.32. The van der Waals surface area contributed by atoms with Crippen LogP contribution in [0.2, 0.25) is 10.0 Å². The molecule has 1 aliphatic heterocycles. The normalized spacial score (nSPS) is 15.4. The minimum absolute atomic E-state index is 0.0620. The lowest BCUT2D eigenvalue weighted by Crippen LogP contribution is -2.38. The van der Waals surface area contributed by atoms with Gasteiger partial charge in [0.2, 0.25) is 11.8 Å². The van der Waals surface area contributed by atoms with Gasteiger partial charge in [-0.15, -0.1) is 0 Å². The van der Waals surface area contributed by atoms with E-state index in [1.807, 2.05) is 38.1 Å². The summed E-state index contributed by atoms with van der Waals surface area (Å²) in [6, 6.07) is 11.0. The second-order valence-electron chi connectivity index (χ2n) is 7.83. The van der Waals surface area contributed by atoms with E-state index >= 15 is 0 Å². The number of hydrogen-bond donors (Lipinski definition) is 2. The van der Waals surface area contributed by atoms with E-state index in [1.165, 1.54) is 0 Å². The van der Waals surface area contributed by atoms with Crippen molar-refractivity contribution in [2.45, 2.75) is 20.3 Å². The van der Waals surface area contributed by atoms with Crippen LogP contribution in [-0.2, 0) is 9.59 Å². The minimum atomic E-state index is -0.0620. The number of carbonyl (C=O) groups excluding carboxylic acids is 2. The largest absolute Gasteiger partial charge is 0.325 e. The zero-order valence-corrected chi connectivity index (χ0v) is 19.4.